The molecular formula is C28H21N. The van der Waals surface area contributed by atoms with Crippen molar-refractivity contribution in [1.29, 1.82) is 0 Å². The van der Waals surface area contributed by atoms with Crippen molar-refractivity contribution >= 4 is 33.3 Å². The molecule has 0 amide bonds. The minimum Gasteiger partial charge on any atom is -0.317 e. The zero-order chi connectivity index (χ0) is 19.4. The fraction of sp³-hybridized carbons (Fsp3) is 0.0714. The second-order valence-electron chi connectivity index (χ2n) is 8.01. The zero-order valence-electron chi connectivity index (χ0n) is 16.4. The van der Waals surface area contributed by atoms with Gasteiger partial charge in [-0.3, -0.25) is 0 Å². The predicted molar refractivity (Wildman–Crippen MR) is 124 cm³/mol. The topological polar surface area (TPSA) is 4.93 Å². The van der Waals surface area contributed by atoms with Crippen molar-refractivity contribution in [2.75, 3.05) is 0 Å². The van der Waals surface area contributed by atoms with Gasteiger partial charge in [0.05, 0.1) is 5.52 Å². The summed E-state index contributed by atoms with van der Waals surface area (Å²) in [4.78, 5) is 0. The van der Waals surface area contributed by atoms with Crippen molar-refractivity contribution in [2.24, 2.45) is 0 Å². The van der Waals surface area contributed by atoms with Crippen LogP contribution in [0.15, 0.2) is 91.1 Å². The van der Waals surface area contributed by atoms with E-state index in [1.807, 2.05) is 0 Å². The lowest BCUT2D eigenvalue weighted by molar-refractivity contribution is 1.12. The van der Waals surface area contributed by atoms with E-state index in [9.17, 15) is 0 Å². The minimum absolute atomic E-state index is 0.982. The summed E-state index contributed by atoms with van der Waals surface area (Å²) >= 11 is 0. The molecular weight excluding hydrogens is 350 g/mol. The summed E-state index contributed by atoms with van der Waals surface area (Å²) < 4.78 is 2.29. The smallest absolute Gasteiger partial charge is 0.0528 e. The van der Waals surface area contributed by atoms with E-state index in [1.54, 1.807) is 0 Å². The molecule has 5 aromatic rings. The number of nitrogens with zero attached hydrogens (tertiary/aromatic N) is 1. The highest BCUT2D eigenvalue weighted by Crippen LogP contribution is 2.37. The van der Waals surface area contributed by atoms with E-state index in [2.05, 4.69) is 109 Å². The molecule has 1 nitrogen and oxygen atoms in total. The maximum absolute atomic E-state index is 2.37. The lowest BCUT2D eigenvalue weighted by Crippen LogP contribution is -1.94. The predicted octanol–water partition coefficient (Wildman–Crippen LogP) is 7.19. The number of hydrogen-bond donors (Lipinski definition) is 0. The molecule has 0 unspecified atom stereocenters. The first-order chi connectivity index (χ1) is 14.3. The molecule has 0 fully saturated rings. The Morgan fingerprint density at radius 3 is 2.52 bits per heavy atom. The first-order valence-electron chi connectivity index (χ1n) is 10.2. The highest BCUT2D eigenvalue weighted by Gasteiger charge is 2.17. The summed E-state index contributed by atoms with van der Waals surface area (Å²) in [5, 5.41) is 3.94. The van der Waals surface area contributed by atoms with Gasteiger partial charge in [0, 0.05) is 11.9 Å². The van der Waals surface area contributed by atoms with E-state index in [-0.39, 0.29) is 0 Å². The Hall–Kier alpha value is -3.58. The van der Waals surface area contributed by atoms with E-state index < -0.39 is 0 Å². The highest BCUT2D eigenvalue weighted by atomic mass is 15.0. The first kappa shape index (κ1) is 16.4. The standard InChI is InChI=1S/C28H21N/c1-19-14-22-7-2-4-8-26(22)27(15-19)24-16-21-10-11-25(18-23(21)17-24)29-13-12-20-6-3-5-9-28(20)29/h2-16,18H,17H2,1H3. The number of aryl methyl sites for hydroxylation is 1. The Kier molecular flexibility index (Phi) is 3.51. The number of hydrogen-bond acceptors (Lipinski definition) is 0. The summed E-state index contributed by atoms with van der Waals surface area (Å²) in [6.07, 6.45) is 5.52. The lowest BCUT2D eigenvalue weighted by atomic mass is 9.95. The number of fused-ring (bicyclic) bond motifs is 3. The molecule has 0 saturated heterocycles. The molecule has 4 aromatic carbocycles. The van der Waals surface area contributed by atoms with Gasteiger partial charge in [0.25, 0.3) is 0 Å². The van der Waals surface area contributed by atoms with Gasteiger partial charge in [0.2, 0.25) is 0 Å². The highest BCUT2D eigenvalue weighted by molar-refractivity contribution is 6.00. The molecule has 0 radical (unpaired) electrons. The Balaban J connectivity index is 1.43. The molecule has 0 spiro atoms. The van der Waals surface area contributed by atoms with Crippen LogP contribution in [0.3, 0.4) is 0 Å². The van der Waals surface area contributed by atoms with Gasteiger partial charge in [-0.15, -0.1) is 0 Å². The van der Waals surface area contributed by atoms with E-state index >= 15 is 0 Å². The van der Waals surface area contributed by atoms with Gasteiger partial charge < -0.3 is 4.57 Å². The van der Waals surface area contributed by atoms with Gasteiger partial charge in [-0.2, -0.15) is 0 Å². The second kappa shape index (κ2) is 6.22. The van der Waals surface area contributed by atoms with Gasteiger partial charge in [-0.25, -0.2) is 0 Å². The van der Waals surface area contributed by atoms with Crippen LogP contribution in [-0.4, -0.2) is 4.57 Å². The largest absolute Gasteiger partial charge is 0.317 e. The molecule has 0 bridgehead atoms. The summed E-state index contributed by atoms with van der Waals surface area (Å²) in [6, 6.07) is 30.9. The normalized spacial score (nSPS) is 13.1. The van der Waals surface area contributed by atoms with Crippen LogP contribution in [0.4, 0.5) is 0 Å². The molecule has 1 aromatic heterocycles. The Bertz CT molecular complexity index is 1430. The number of rotatable bonds is 2. The number of allylic oxidation sites excluding steroid dienone is 1. The maximum Gasteiger partial charge on any atom is 0.0528 e. The Morgan fingerprint density at radius 1 is 0.759 bits per heavy atom. The zero-order valence-corrected chi connectivity index (χ0v) is 16.4. The summed E-state index contributed by atoms with van der Waals surface area (Å²) in [5.41, 5.74) is 9.32. The Morgan fingerprint density at radius 2 is 1.59 bits per heavy atom. The average Bonchev–Trinajstić information content (AvgIpc) is 3.36. The first-order valence-corrected chi connectivity index (χ1v) is 10.2. The third kappa shape index (κ3) is 2.62. The fourth-order valence-electron chi connectivity index (χ4n) is 4.69. The van der Waals surface area contributed by atoms with Gasteiger partial charge in [-0.1, -0.05) is 66.7 Å². The summed E-state index contributed by atoms with van der Waals surface area (Å²) in [5.74, 6) is 0. The lowest BCUT2D eigenvalue weighted by Gasteiger charge is -2.10. The number of benzene rings is 4. The van der Waals surface area contributed by atoms with Crippen LogP contribution >= 0.6 is 0 Å². The van der Waals surface area contributed by atoms with Gasteiger partial charge in [-0.05, 0) is 81.6 Å². The maximum atomic E-state index is 2.37. The molecule has 1 heterocycles. The van der Waals surface area contributed by atoms with Crippen LogP contribution in [0.2, 0.25) is 0 Å². The van der Waals surface area contributed by atoms with Gasteiger partial charge in [0.1, 0.15) is 0 Å². The van der Waals surface area contributed by atoms with Crippen molar-refractivity contribution in [2.45, 2.75) is 13.3 Å². The second-order valence-corrected chi connectivity index (χ2v) is 8.01. The average molecular weight is 371 g/mol. The minimum atomic E-state index is 0.982. The van der Waals surface area contributed by atoms with Crippen LogP contribution in [0.1, 0.15) is 22.3 Å². The third-order valence-corrected chi connectivity index (χ3v) is 6.07. The number of para-hydroxylation sites is 1. The summed E-state index contributed by atoms with van der Waals surface area (Å²) in [6.45, 7) is 2.19. The molecule has 0 aliphatic heterocycles. The van der Waals surface area contributed by atoms with E-state index in [1.165, 1.54) is 55.2 Å². The SMILES string of the molecule is Cc1cc(C2=Cc3ccc(-n4ccc5ccccc54)cc3C2)c2ccccc2c1. The van der Waals surface area contributed by atoms with E-state index in [0.717, 1.165) is 6.42 Å². The van der Waals surface area contributed by atoms with Crippen LogP contribution in [0.25, 0.3) is 39.0 Å². The van der Waals surface area contributed by atoms with Crippen LogP contribution in [0.5, 0.6) is 0 Å². The monoisotopic (exact) mass is 371 g/mol. The van der Waals surface area contributed by atoms with Crippen molar-refractivity contribution in [3.05, 3.63) is 113 Å². The molecule has 1 aliphatic carbocycles. The van der Waals surface area contributed by atoms with Gasteiger partial charge >= 0.3 is 0 Å². The van der Waals surface area contributed by atoms with Crippen LogP contribution in [-0.2, 0) is 6.42 Å². The van der Waals surface area contributed by atoms with Crippen molar-refractivity contribution in [1.82, 2.24) is 4.57 Å². The molecule has 0 atom stereocenters. The van der Waals surface area contributed by atoms with E-state index in [0.29, 0.717) is 0 Å². The molecule has 0 saturated carbocycles. The Labute approximate surface area is 170 Å². The van der Waals surface area contributed by atoms with Crippen LogP contribution in [0, 0.1) is 6.92 Å². The molecule has 6 rings (SSSR count). The van der Waals surface area contributed by atoms with Gasteiger partial charge in [0.15, 0.2) is 0 Å². The molecule has 138 valence electrons. The van der Waals surface area contributed by atoms with Crippen molar-refractivity contribution in [3.63, 3.8) is 0 Å². The quantitative estimate of drug-likeness (QED) is 0.309. The van der Waals surface area contributed by atoms with Crippen molar-refractivity contribution in [3.8, 4) is 5.69 Å². The molecule has 1 aliphatic rings. The van der Waals surface area contributed by atoms with Crippen molar-refractivity contribution < 1.29 is 0 Å². The number of aromatic nitrogens is 1. The van der Waals surface area contributed by atoms with Crippen LogP contribution < -0.4 is 0 Å². The van der Waals surface area contributed by atoms with E-state index in [4.69, 9.17) is 0 Å². The molecule has 29 heavy (non-hydrogen) atoms. The third-order valence-electron chi connectivity index (χ3n) is 6.07. The molecule has 0 N–H and O–H groups in total. The molecule has 1 heteroatoms. The fourth-order valence-corrected chi connectivity index (χ4v) is 4.69. The summed E-state index contributed by atoms with van der Waals surface area (Å²) in [7, 11) is 0.